The van der Waals surface area contributed by atoms with Crippen molar-refractivity contribution in [3.8, 4) is 5.75 Å². The van der Waals surface area contributed by atoms with E-state index in [-0.39, 0.29) is 0 Å². The molecule has 4 heteroatoms. The zero-order valence-corrected chi connectivity index (χ0v) is 13.6. The van der Waals surface area contributed by atoms with Gasteiger partial charge in [-0.05, 0) is 43.3 Å². The van der Waals surface area contributed by atoms with Crippen LogP contribution in [0.4, 0.5) is 5.69 Å². The molecule has 0 atom stereocenters. The Morgan fingerprint density at radius 1 is 1.20 bits per heavy atom. The zero-order chi connectivity index (χ0) is 14.8. The van der Waals surface area contributed by atoms with E-state index >= 15 is 0 Å². The molecule has 112 valence electrons. The van der Waals surface area contributed by atoms with Crippen LogP contribution in [-0.4, -0.2) is 18.8 Å². The maximum Gasteiger partial charge on any atom is 0.170 e. The third-order valence-corrected chi connectivity index (χ3v) is 3.42. The van der Waals surface area contributed by atoms with Crippen molar-refractivity contribution >= 4 is 23.0 Å². The summed E-state index contributed by atoms with van der Waals surface area (Å²) in [6.45, 7) is 5.20. The predicted molar refractivity (Wildman–Crippen MR) is 90.7 cm³/mol. The Morgan fingerprint density at radius 3 is 2.65 bits per heavy atom. The zero-order valence-electron chi connectivity index (χ0n) is 12.8. The fourth-order valence-corrected chi connectivity index (χ4v) is 2.23. The normalized spacial score (nSPS) is 10.2. The lowest BCUT2D eigenvalue weighted by Crippen LogP contribution is -2.29. The topological polar surface area (TPSA) is 33.3 Å². The van der Waals surface area contributed by atoms with Gasteiger partial charge < -0.3 is 15.4 Å². The SMILES string of the molecule is CCCCCCCNC(=S)Nc1cc(C)ccc1OC. The summed E-state index contributed by atoms with van der Waals surface area (Å²) in [4.78, 5) is 0. The van der Waals surface area contributed by atoms with Crippen LogP contribution in [0.1, 0.15) is 44.6 Å². The molecule has 0 aliphatic rings. The summed E-state index contributed by atoms with van der Waals surface area (Å²) >= 11 is 5.31. The van der Waals surface area contributed by atoms with Gasteiger partial charge in [0.15, 0.2) is 5.11 Å². The fraction of sp³-hybridized carbons (Fsp3) is 0.562. The third-order valence-electron chi connectivity index (χ3n) is 3.17. The summed E-state index contributed by atoms with van der Waals surface area (Å²) in [5.74, 6) is 0.808. The lowest BCUT2D eigenvalue weighted by Gasteiger charge is -2.14. The summed E-state index contributed by atoms with van der Waals surface area (Å²) in [5.41, 5.74) is 2.09. The Hall–Kier alpha value is -1.29. The molecule has 0 fully saturated rings. The van der Waals surface area contributed by atoms with Crippen molar-refractivity contribution in [2.24, 2.45) is 0 Å². The van der Waals surface area contributed by atoms with Crippen LogP contribution >= 0.6 is 12.2 Å². The van der Waals surface area contributed by atoms with E-state index in [0.29, 0.717) is 5.11 Å². The average molecular weight is 294 g/mol. The lowest BCUT2D eigenvalue weighted by molar-refractivity contribution is 0.417. The number of hydrogen-bond donors (Lipinski definition) is 2. The molecule has 1 aromatic rings. The summed E-state index contributed by atoms with van der Waals surface area (Å²) in [7, 11) is 1.67. The molecular weight excluding hydrogens is 268 g/mol. The van der Waals surface area contributed by atoms with Gasteiger partial charge in [0.1, 0.15) is 5.75 Å². The number of anilines is 1. The van der Waals surface area contributed by atoms with Crippen molar-refractivity contribution in [1.29, 1.82) is 0 Å². The van der Waals surface area contributed by atoms with E-state index in [1.807, 2.05) is 18.2 Å². The van der Waals surface area contributed by atoms with Gasteiger partial charge in [0.05, 0.1) is 12.8 Å². The second-order valence-electron chi connectivity index (χ2n) is 5.00. The second-order valence-corrected chi connectivity index (χ2v) is 5.41. The molecule has 0 amide bonds. The van der Waals surface area contributed by atoms with Gasteiger partial charge in [0.25, 0.3) is 0 Å². The average Bonchev–Trinajstić information content (AvgIpc) is 2.43. The van der Waals surface area contributed by atoms with Gasteiger partial charge in [-0.15, -0.1) is 0 Å². The highest BCUT2D eigenvalue weighted by Gasteiger charge is 2.04. The number of benzene rings is 1. The Bertz CT molecular complexity index is 421. The standard InChI is InChI=1S/C16H26N2OS/c1-4-5-6-7-8-11-17-16(20)18-14-12-13(2)9-10-15(14)19-3/h9-10,12H,4-8,11H2,1-3H3,(H2,17,18,20). The van der Waals surface area contributed by atoms with E-state index in [4.69, 9.17) is 17.0 Å². The van der Waals surface area contributed by atoms with Crippen molar-refractivity contribution < 1.29 is 4.74 Å². The minimum atomic E-state index is 0.657. The predicted octanol–water partition coefficient (Wildman–Crippen LogP) is 4.26. The van der Waals surface area contributed by atoms with E-state index in [0.717, 1.165) is 24.4 Å². The highest BCUT2D eigenvalue weighted by atomic mass is 32.1. The number of rotatable bonds is 8. The summed E-state index contributed by atoms with van der Waals surface area (Å²) in [6, 6.07) is 6.01. The molecule has 0 aliphatic heterocycles. The molecule has 0 aromatic heterocycles. The Kier molecular flexibility index (Phi) is 8.04. The van der Waals surface area contributed by atoms with E-state index in [2.05, 4.69) is 24.5 Å². The molecule has 0 aliphatic carbocycles. The molecule has 0 saturated heterocycles. The number of aryl methyl sites for hydroxylation is 1. The quantitative estimate of drug-likeness (QED) is 0.554. The maximum atomic E-state index is 5.32. The monoisotopic (exact) mass is 294 g/mol. The van der Waals surface area contributed by atoms with E-state index < -0.39 is 0 Å². The highest BCUT2D eigenvalue weighted by molar-refractivity contribution is 7.80. The molecule has 2 N–H and O–H groups in total. The smallest absolute Gasteiger partial charge is 0.170 e. The van der Waals surface area contributed by atoms with Gasteiger partial charge in [-0.2, -0.15) is 0 Å². The van der Waals surface area contributed by atoms with Crippen LogP contribution in [0.2, 0.25) is 0 Å². The molecule has 20 heavy (non-hydrogen) atoms. The van der Waals surface area contributed by atoms with Crippen LogP contribution in [0.3, 0.4) is 0 Å². The second kappa shape index (κ2) is 9.59. The molecule has 0 spiro atoms. The van der Waals surface area contributed by atoms with Crippen molar-refractivity contribution in [3.63, 3.8) is 0 Å². The summed E-state index contributed by atoms with van der Waals surface area (Å²) in [5, 5.41) is 7.10. The molecule has 1 aromatic carbocycles. The first-order valence-corrected chi connectivity index (χ1v) is 7.77. The Morgan fingerprint density at radius 2 is 1.95 bits per heavy atom. The number of ether oxygens (including phenoxy) is 1. The van der Waals surface area contributed by atoms with Crippen LogP contribution in [-0.2, 0) is 0 Å². The molecule has 0 unspecified atom stereocenters. The van der Waals surface area contributed by atoms with Crippen LogP contribution in [0.25, 0.3) is 0 Å². The van der Waals surface area contributed by atoms with Crippen LogP contribution in [0.15, 0.2) is 18.2 Å². The van der Waals surface area contributed by atoms with Crippen molar-refractivity contribution in [2.75, 3.05) is 19.0 Å². The first kappa shape index (κ1) is 16.8. The Labute approximate surface area is 128 Å². The van der Waals surface area contributed by atoms with Gasteiger partial charge in [-0.1, -0.05) is 38.7 Å². The molecule has 0 heterocycles. The number of nitrogens with one attached hydrogen (secondary N) is 2. The summed E-state index contributed by atoms with van der Waals surface area (Å²) < 4.78 is 5.32. The molecular formula is C16H26N2OS. The highest BCUT2D eigenvalue weighted by Crippen LogP contribution is 2.24. The van der Waals surface area contributed by atoms with Gasteiger partial charge in [-0.3, -0.25) is 0 Å². The molecule has 0 radical (unpaired) electrons. The number of unbranched alkanes of at least 4 members (excludes halogenated alkanes) is 4. The van der Waals surface area contributed by atoms with Crippen LogP contribution < -0.4 is 15.4 Å². The fourth-order valence-electron chi connectivity index (χ4n) is 2.02. The summed E-state index contributed by atoms with van der Waals surface area (Å²) in [6.07, 6.45) is 6.33. The lowest BCUT2D eigenvalue weighted by atomic mass is 10.1. The van der Waals surface area contributed by atoms with Crippen molar-refractivity contribution in [1.82, 2.24) is 5.32 Å². The molecule has 1 rings (SSSR count). The first-order valence-electron chi connectivity index (χ1n) is 7.37. The molecule has 0 saturated carbocycles. The molecule has 3 nitrogen and oxygen atoms in total. The first-order chi connectivity index (χ1) is 9.67. The minimum Gasteiger partial charge on any atom is -0.495 e. The van der Waals surface area contributed by atoms with Gasteiger partial charge in [0.2, 0.25) is 0 Å². The van der Waals surface area contributed by atoms with Crippen LogP contribution in [0.5, 0.6) is 5.75 Å². The Balaban J connectivity index is 2.33. The largest absolute Gasteiger partial charge is 0.495 e. The third kappa shape index (κ3) is 6.24. The number of hydrogen-bond acceptors (Lipinski definition) is 2. The van der Waals surface area contributed by atoms with Gasteiger partial charge in [-0.25, -0.2) is 0 Å². The molecule has 0 bridgehead atoms. The van der Waals surface area contributed by atoms with Crippen molar-refractivity contribution in [3.05, 3.63) is 23.8 Å². The minimum absolute atomic E-state index is 0.657. The number of methoxy groups -OCH3 is 1. The van der Waals surface area contributed by atoms with E-state index in [1.165, 1.54) is 31.2 Å². The van der Waals surface area contributed by atoms with Crippen LogP contribution in [0, 0.1) is 6.92 Å². The number of thiocarbonyl (C=S) groups is 1. The van der Waals surface area contributed by atoms with E-state index in [9.17, 15) is 0 Å². The van der Waals surface area contributed by atoms with Gasteiger partial charge >= 0.3 is 0 Å². The van der Waals surface area contributed by atoms with Gasteiger partial charge in [0, 0.05) is 6.54 Å². The van der Waals surface area contributed by atoms with Crippen molar-refractivity contribution in [2.45, 2.75) is 46.0 Å². The maximum absolute atomic E-state index is 5.32. The van der Waals surface area contributed by atoms with E-state index in [1.54, 1.807) is 7.11 Å².